The fourth-order valence-electron chi connectivity index (χ4n) is 2.46. The van der Waals surface area contributed by atoms with Gasteiger partial charge < -0.3 is 9.32 Å². The minimum absolute atomic E-state index is 0.0241. The first-order valence-corrected chi connectivity index (χ1v) is 10.2. The van der Waals surface area contributed by atoms with Crippen molar-refractivity contribution < 1.29 is 17.6 Å². The molecule has 1 aromatic heterocycles. The molecule has 1 aliphatic carbocycles. The average Bonchev–Trinajstić information content (AvgIpc) is 3.25. The van der Waals surface area contributed by atoms with E-state index in [0.717, 1.165) is 18.6 Å². The van der Waals surface area contributed by atoms with E-state index in [1.54, 1.807) is 19.2 Å². The fourth-order valence-corrected chi connectivity index (χ4v) is 4.62. The number of aryl methyl sites for hydroxylation is 1. The van der Waals surface area contributed by atoms with E-state index in [1.807, 2.05) is 6.92 Å². The first-order chi connectivity index (χ1) is 12.2. The Balaban J connectivity index is 1.88. The van der Waals surface area contributed by atoms with Crippen molar-refractivity contribution >= 4 is 39.1 Å². The largest absolute Gasteiger partial charge is 0.464 e. The van der Waals surface area contributed by atoms with Crippen LogP contribution in [-0.2, 0) is 16.6 Å². The molecule has 0 atom stereocenters. The summed E-state index contributed by atoms with van der Waals surface area (Å²) in [5.74, 6) is 0.931. The van der Waals surface area contributed by atoms with E-state index in [2.05, 4.69) is 4.72 Å². The number of hydrogen-bond donors (Lipinski definition) is 1. The Morgan fingerprint density at radius 3 is 2.54 bits per heavy atom. The van der Waals surface area contributed by atoms with Crippen molar-refractivity contribution in [2.24, 2.45) is 0 Å². The summed E-state index contributed by atoms with van der Waals surface area (Å²) < 4.78 is 33.0. The molecule has 0 unspecified atom stereocenters. The highest BCUT2D eigenvalue weighted by Gasteiger charge is 2.30. The zero-order chi connectivity index (χ0) is 19.1. The van der Waals surface area contributed by atoms with Gasteiger partial charge in [-0.25, -0.2) is 13.1 Å². The molecule has 140 valence electrons. The van der Waals surface area contributed by atoms with E-state index in [0.29, 0.717) is 5.76 Å². The summed E-state index contributed by atoms with van der Waals surface area (Å²) in [5.41, 5.74) is 0.0676. The minimum atomic E-state index is -3.81. The maximum Gasteiger partial charge on any atom is 0.255 e. The summed E-state index contributed by atoms with van der Waals surface area (Å²) in [6.45, 7) is 2.04. The van der Waals surface area contributed by atoms with Gasteiger partial charge in [0.15, 0.2) is 0 Å². The van der Waals surface area contributed by atoms with E-state index >= 15 is 0 Å². The fraction of sp³-hybridized carbons (Fsp3) is 0.353. The summed E-state index contributed by atoms with van der Waals surface area (Å²) in [6.07, 6.45) is 1.59. The van der Waals surface area contributed by atoms with E-state index in [4.69, 9.17) is 27.6 Å². The monoisotopic (exact) mass is 416 g/mol. The third-order valence-corrected chi connectivity index (χ3v) is 6.27. The molecule has 1 saturated carbocycles. The zero-order valence-corrected chi connectivity index (χ0v) is 16.6. The van der Waals surface area contributed by atoms with Crippen LogP contribution < -0.4 is 4.72 Å². The molecule has 1 aliphatic rings. The van der Waals surface area contributed by atoms with Gasteiger partial charge >= 0.3 is 0 Å². The molecular weight excluding hydrogens is 399 g/mol. The molecular formula is C17H18Cl2N2O4S. The highest BCUT2D eigenvalue weighted by molar-refractivity contribution is 7.89. The molecule has 0 saturated heterocycles. The normalized spacial score (nSPS) is 14.5. The second kappa shape index (κ2) is 7.23. The number of benzene rings is 1. The topological polar surface area (TPSA) is 79.6 Å². The van der Waals surface area contributed by atoms with Gasteiger partial charge in [0.25, 0.3) is 5.91 Å². The van der Waals surface area contributed by atoms with Crippen molar-refractivity contribution in [3.05, 3.63) is 51.4 Å². The summed E-state index contributed by atoms with van der Waals surface area (Å²) >= 11 is 12.2. The van der Waals surface area contributed by atoms with Crippen LogP contribution in [0.2, 0.25) is 10.0 Å². The van der Waals surface area contributed by atoms with Crippen molar-refractivity contribution in [1.29, 1.82) is 0 Å². The van der Waals surface area contributed by atoms with Crippen LogP contribution in [0.25, 0.3) is 0 Å². The molecule has 6 nitrogen and oxygen atoms in total. The number of nitrogens with zero attached hydrogens (tertiary/aromatic N) is 1. The summed E-state index contributed by atoms with van der Waals surface area (Å²) in [4.78, 5) is 14.0. The number of furan rings is 1. The number of carbonyl (C=O) groups excluding carboxylic acids is 1. The summed E-state index contributed by atoms with van der Waals surface area (Å²) in [6, 6.07) is 6.01. The molecule has 9 heteroatoms. The summed E-state index contributed by atoms with van der Waals surface area (Å²) in [7, 11) is -2.23. The quantitative estimate of drug-likeness (QED) is 0.779. The standard InChI is InChI=1S/C17H18Cl2N2O4S/c1-10-3-6-12(25-10)9-21(2)17(22)13-7-16(15(19)8-14(13)18)26(23,24)20-11-4-5-11/h3,6-8,11,20H,4-5,9H2,1-2H3. The van der Waals surface area contributed by atoms with Gasteiger partial charge in [0.1, 0.15) is 16.4 Å². The number of sulfonamides is 1. The van der Waals surface area contributed by atoms with E-state index in [-0.39, 0.29) is 33.1 Å². The van der Waals surface area contributed by atoms with Crippen molar-refractivity contribution in [3.8, 4) is 0 Å². The Morgan fingerprint density at radius 2 is 1.96 bits per heavy atom. The minimum Gasteiger partial charge on any atom is -0.464 e. The number of carbonyl (C=O) groups is 1. The molecule has 0 spiro atoms. The first-order valence-electron chi connectivity index (χ1n) is 7.99. The number of amides is 1. The smallest absolute Gasteiger partial charge is 0.255 e. The molecule has 3 rings (SSSR count). The van der Waals surface area contributed by atoms with Gasteiger partial charge in [0.2, 0.25) is 10.0 Å². The molecule has 0 radical (unpaired) electrons. The van der Waals surface area contributed by atoms with Crippen LogP contribution in [0.5, 0.6) is 0 Å². The summed E-state index contributed by atoms with van der Waals surface area (Å²) in [5, 5.41) is 0.0665. The maximum atomic E-state index is 12.7. The van der Waals surface area contributed by atoms with Crippen LogP contribution in [0.1, 0.15) is 34.7 Å². The third-order valence-electron chi connectivity index (χ3n) is 3.98. The molecule has 1 N–H and O–H groups in total. The van der Waals surface area contributed by atoms with Gasteiger partial charge in [-0.2, -0.15) is 0 Å². The lowest BCUT2D eigenvalue weighted by Crippen LogP contribution is -2.28. The van der Waals surface area contributed by atoms with Crippen LogP contribution in [0.4, 0.5) is 0 Å². The molecule has 1 amide bonds. The van der Waals surface area contributed by atoms with E-state index in [1.165, 1.54) is 17.0 Å². The lowest BCUT2D eigenvalue weighted by atomic mass is 10.2. The lowest BCUT2D eigenvalue weighted by Gasteiger charge is -2.18. The average molecular weight is 417 g/mol. The van der Waals surface area contributed by atoms with Crippen molar-refractivity contribution in [1.82, 2.24) is 9.62 Å². The first kappa shape index (κ1) is 19.2. The van der Waals surface area contributed by atoms with Crippen LogP contribution >= 0.6 is 23.2 Å². The SMILES string of the molecule is Cc1ccc(CN(C)C(=O)c2cc(S(=O)(=O)NC3CC3)c(Cl)cc2Cl)o1. The Hall–Kier alpha value is -1.54. The second-order valence-corrected chi connectivity index (χ2v) is 8.83. The van der Waals surface area contributed by atoms with Crippen molar-refractivity contribution in [2.75, 3.05) is 7.05 Å². The Labute approximate surface area is 162 Å². The zero-order valence-electron chi connectivity index (χ0n) is 14.3. The Kier molecular flexibility index (Phi) is 5.35. The highest BCUT2D eigenvalue weighted by Crippen LogP contribution is 2.31. The van der Waals surface area contributed by atoms with Gasteiger partial charge in [0.05, 0.1) is 22.2 Å². The second-order valence-electron chi connectivity index (χ2n) is 6.33. The van der Waals surface area contributed by atoms with Crippen LogP contribution in [-0.4, -0.2) is 32.3 Å². The van der Waals surface area contributed by atoms with Crippen LogP contribution in [0.15, 0.2) is 33.6 Å². The Morgan fingerprint density at radius 1 is 1.27 bits per heavy atom. The molecule has 1 fully saturated rings. The van der Waals surface area contributed by atoms with Gasteiger partial charge in [-0.1, -0.05) is 23.2 Å². The number of nitrogens with one attached hydrogen (secondary N) is 1. The molecule has 0 aliphatic heterocycles. The van der Waals surface area contributed by atoms with Crippen molar-refractivity contribution in [3.63, 3.8) is 0 Å². The van der Waals surface area contributed by atoms with Gasteiger partial charge in [-0.05, 0) is 44.0 Å². The molecule has 26 heavy (non-hydrogen) atoms. The molecule has 2 aromatic rings. The van der Waals surface area contributed by atoms with Crippen LogP contribution in [0.3, 0.4) is 0 Å². The van der Waals surface area contributed by atoms with Gasteiger partial charge in [-0.15, -0.1) is 0 Å². The molecule has 0 bridgehead atoms. The van der Waals surface area contributed by atoms with Crippen molar-refractivity contribution in [2.45, 2.75) is 37.2 Å². The number of rotatable bonds is 6. The maximum absolute atomic E-state index is 12.7. The highest BCUT2D eigenvalue weighted by atomic mass is 35.5. The third kappa shape index (κ3) is 4.23. The lowest BCUT2D eigenvalue weighted by molar-refractivity contribution is 0.0775. The molecule has 1 aromatic carbocycles. The van der Waals surface area contributed by atoms with Gasteiger partial charge in [-0.3, -0.25) is 4.79 Å². The molecule has 1 heterocycles. The van der Waals surface area contributed by atoms with E-state index in [9.17, 15) is 13.2 Å². The van der Waals surface area contributed by atoms with Crippen LogP contribution in [0, 0.1) is 6.92 Å². The number of hydrogen-bond acceptors (Lipinski definition) is 4. The number of halogens is 2. The predicted octanol–water partition coefficient (Wildman–Crippen LogP) is 3.61. The van der Waals surface area contributed by atoms with Gasteiger partial charge in [0, 0.05) is 13.1 Å². The van der Waals surface area contributed by atoms with E-state index < -0.39 is 15.9 Å². The predicted molar refractivity (Wildman–Crippen MR) is 99.0 cm³/mol. The Bertz CT molecular complexity index is 952.